The molecule has 3 aromatic rings. The summed E-state index contributed by atoms with van der Waals surface area (Å²) in [5, 5.41) is 12.4. The van der Waals surface area contributed by atoms with E-state index >= 15 is 0 Å². The van der Waals surface area contributed by atoms with Crippen LogP contribution in [0.25, 0.3) is 0 Å². The Kier molecular flexibility index (Phi) is 4.66. The average molecular weight is 416 g/mol. The van der Waals surface area contributed by atoms with Gasteiger partial charge in [0, 0.05) is 25.0 Å². The first kappa shape index (κ1) is 18.9. The van der Waals surface area contributed by atoms with Crippen LogP contribution in [0.3, 0.4) is 0 Å². The monoisotopic (exact) mass is 416 g/mol. The van der Waals surface area contributed by atoms with E-state index < -0.39 is 23.1 Å². The molecule has 31 heavy (non-hydrogen) atoms. The van der Waals surface area contributed by atoms with Gasteiger partial charge in [0.1, 0.15) is 30.8 Å². The summed E-state index contributed by atoms with van der Waals surface area (Å²) in [6.45, 7) is 0.874. The number of hydrogen-bond acceptors (Lipinski definition) is 6. The summed E-state index contributed by atoms with van der Waals surface area (Å²) < 4.78 is 7.54. The lowest BCUT2D eigenvalue weighted by Crippen LogP contribution is -2.55. The normalized spacial score (nSPS) is 19.0. The van der Waals surface area contributed by atoms with Crippen molar-refractivity contribution < 1.29 is 14.6 Å². The molecular weight excluding hydrogens is 396 g/mol. The summed E-state index contributed by atoms with van der Waals surface area (Å²) >= 11 is 0. The highest BCUT2D eigenvalue weighted by molar-refractivity contribution is 5.96. The molecule has 5 rings (SSSR count). The smallest absolute Gasteiger partial charge is 0.278 e. The van der Waals surface area contributed by atoms with Crippen molar-refractivity contribution in [3.05, 3.63) is 100 Å². The molecule has 156 valence electrons. The van der Waals surface area contributed by atoms with Crippen LogP contribution in [0.15, 0.2) is 77.9 Å². The molecule has 8 heteroatoms. The number of nitrogens with zero attached hydrogens (tertiary/aromatic N) is 4. The molecule has 2 aliphatic rings. The second-order valence-corrected chi connectivity index (χ2v) is 7.31. The molecule has 2 aliphatic heterocycles. The zero-order chi connectivity index (χ0) is 21.4. The number of carbonyl (C=O) groups is 1. The largest absolute Gasteiger partial charge is 0.502 e. The number of carbonyl (C=O) groups excluding carboxylic acids is 1. The second kappa shape index (κ2) is 7.64. The Morgan fingerprint density at radius 2 is 1.87 bits per heavy atom. The van der Waals surface area contributed by atoms with Crippen LogP contribution in [-0.2, 0) is 0 Å². The average Bonchev–Trinajstić information content (AvgIpc) is 2.82. The third kappa shape index (κ3) is 3.22. The fourth-order valence-electron chi connectivity index (χ4n) is 3.98. The van der Waals surface area contributed by atoms with Crippen LogP contribution in [0.2, 0.25) is 0 Å². The van der Waals surface area contributed by atoms with Crippen LogP contribution in [-0.4, -0.2) is 45.4 Å². The van der Waals surface area contributed by atoms with E-state index in [9.17, 15) is 14.7 Å². The van der Waals surface area contributed by atoms with Crippen LogP contribution in [0.1, 0.15) is 27.8 Å². The SMILES string of the molecule is O=C1c2c(O)c(=O)ccn2N2CN1C/C=C\COc1cccnc1[C@H]2c1ccccc1. The minimum Gasteiger partial charge on any atom is -0.502 e. The molecule has 0 radical (unpaired) electrons. The molecule has 0 saturated heterocycles. The Bertz CT molecular complexity index is 1220. The number of rotatable bonds is 1. The fourth-order valence-corrected chi connectivity index (χ4v) is 3.98. The number of aromatic hydroxyl groups is 1. The lowest BCUT2D eigenvalue weighted by molar-refractivity contribution is 0.0701. The van der Waals surface area contributed by atoms with Crippen LogP contribution in [0, 0.1) is 0 Å². The third-order valence-electron chi connectivity index (χ3n) is 5.44. The molecule has 1 aromatic carbocycles. The summed E-state index contributed by atoms with van der Waals surface area (Å²) in [7, 11) is 0. The number of benzene rings is 1. The molecule has 0 aliphatic carbocycles. The highest BCUT2D eigenvalue weighted by Crippen LogP contribution is 2.35. The van der Waals surface area contributed by atoms with Crippen molar-refractivity contribution in [2.75, 3.05) is 24.8 Å². The van der Waals surface area contributed by atoms with Crippen molar-refractivity contribution in [2.24, 2.45) is 0 Å². The predicted octanol–water partition coefficient (Wildman–Crippen LogP) is 2.04. The summed E-state index contributed by atoms with van der Waals surface area (Å²) in [6.07, 6.45) is 6.89. The van der Waals surface area contributed by atoms with Crippen LogP contribution in [0.4, 0.5) is 0 Å². The van der Waals surface area contributed by atoms with E-state index in [1.54, 1.807) is 15.8 Å². The molecule has 4 heterocycles. The maximum absolute atomic E-state index is 13.1. The Morgan fingerprint density at radius 3 is 2.71 bits per heavy atom. The van der Waals surface area contributed by atoms with Crippen molar-refractivity contribution in [2.45, 2.75) is 6.04 Å². The lowest BCUT2D eigenvalue weighted by Gasteiger charge is -2.43. The Balaban J connectivity index is 1.80. The molecule has 0 unspecified atom stereocenters. The fraction of sp³-hybridized carbons (Fsp3) is 0.174. The molecule has 2 aromatic heterocycles. The zero-order valence-electron chi connectivity index (χ0n) is 16.6. The highest BCUT2D eigenvalue weighted by atomic mass is 16.5. The van der Waals surface area contributed by atoms with E-state index in [4.69, 9.17) is 4.74 Å². The van der Waals surface area contributed by atoms with Gasteiger partial charge in [0.05, 0.1) is 0 Å². The zero-order valence-corrected chi connectivity index (χ0v) is 16.6. The minimum absolute atomic E-state index is 0.0641. The molecule has 8 nitrogen and oxygen atoms in total. The number of ether oxygens (including phenoxy) is 1. The van der Waals surface area contributed by atoms with E-state index in [0.717, 1.165) is 5.56 Å². The predicted molar refractivity (Wildman–Crippen MR) is 114 cm³/mol. The van der Waals surface area contributed by atoms with Crippen LogP contribution >= 0.6 is 0 Å². The topological polar surface area (TPSA) is 87.9 Å². The maximum atomic E-state index is 13.1. The summed E-state index contributed by atoms with van der Waals surface area (Å²) in [5.41, 5.74) is 0.934. The molecule has 0 fully saturated rings. The quantitative estimate of drug-likeness (QED) is 0.611. The van der Waals surface area contributed by atoms with Gasteiger partial charge in [-0.1, -0.05) is 36.4 Å². The van der Waals surface area contributed by atoms with Crippen LogP contribution < -0.4 is 15.2 Å². The number of fused-ring (bicyclic) bond motifs is 5. The van der Waals surface area contributed by atoms with Gasteiger partial charge in [0.25, 0.3) is 5.91 Å². The van der Waals surface area contributed by atoms with Gasteiger partial charge in [-0.05, 0) is 23.8 Å². The van der Waals surface area contributed by atoms with Gasteiger partial charge in [0.15, 0.2) is 11.4 Å². The van der Waals surface area contributed by atoms with Gasteiger partial charge in [-0.25, -0.2) is 0 Å². The van der Waals surface area contributed by atoms with E-state index in [1.165, 1.54) is 12.3 Å². The molecule has 0 spiro atoms. The van der Waals surface area contributed by atoms with Crippen molar-refractivity contribution in [3.63, 3.8) is 0 Å². The summed E-state index contributed by atoms with van der Waals surface area (Å²) in [4.78, 5) is 31.5. The highest BCUT2D eigenvalue weighted by Gasteiger charge is 2.37. The maximum Gasteiger partial charge on any atom is 0.278 e. The van der Waals surface area contributed by atoms with Gasteiger partial charge >= 0.3 is 0 Å². The van der Waals surface area contributed by atoms with Crippen molar-refractivity contribution in [3.8, 4) is 11.5 Å². The molecule has 1 atom stereocenters. The Morgan fingerprint density at radius 1 is 1.03 bits per heavy atom. The van der Waals surface area contributed by atoms with E-state index in [1.807, 2.05) is 59.6 Å². The van der Waals surface area contributed by atoms with E-state index in [0.29, 0.717) is 24.6 Å². The van der Waals surface area contributed by atoms with Crippen LogP contribution in [0.5, 0.6) is 11.5 Å². The first-order valence-electron chi connectivity index (χ1n) is 9.93. The third-order valence-corrected chi connectivity index (χ3v) is 5.44. The first-order chi connectivity index (χ1) is 15.1. The number of aromatic nitrogens is 2. The molecule has 0 saturated carbocycles. The number of hydrogen-bond donors (Lipinski definition) is 1. The summed E-state index contributed by atoms with van der Waals surface area (Å²) in [6, 6.07) is 14.2. The molecule has 2 bridgehead atoms. The molecule has 1 amide bonds. The van der Waals surface area contributed by atoms with Gasteiger partial charge < -0.3 is 14.7 Å². The van der Waals surface area contributed by atoms with Crippen molar-refractivity contribution in [1.29, 1.82) is 0 Å². The number of pyridine rings is 2. The van der Waals surface area contributed by atoms with E-state index in [2.05, 4.69) is 4.98 Å². The Hall–Kier alpha value is -4.07. The first-order valence-corrected chi connectivity index (χ1v) is 9.93. The standard InChI is InChI=1S/C23H20N4O4/c28-17-10-13-26-21(22(17)29)23(30)25-12-4-5-14-31-18-9-6-11-24-19(18)20(27(26)15-25)16-7-2-1-3-8-16/h1-11,13,20,29H,12,14-15H2/b5-4-/t20-/m1/s1. The van der Waals surface area contributed by atoms with Gasteiger partial charge in [-0.2, -0.15) is 0 Å². The van der Waals surface area contributed by atoms with Gasteiger partial charge in [-0.15, -0.1) is 0 Å². The van der Waals surface area contributed by atoms with Crippen molar-refractivity contribution in [1.82, 2.24) is 14.6 Å². The summed E-state index contributed by atoms with van der Waals surface area (Å²) in [5.74, 6) is -0.354. The lowest BCUT2D eigenvalue weighted by atomic mass is 10.0. The Labute approximate surface area is 178 Å². The molecule has 1 N–H and O–H groups in total. The minimum atomic E-state index is -0.598. The number of amides is 1. The van der Waals surface area contributed by atoms with E-state index in [-0.39, 0.29) is 12.4 Å². The second-order valence-electron chi connectivity index (χ2n) is 7.31. The molecular formula is C23H20N4O4. The van der Waals surface area contributed by atoms with Gasteiger partial charge in [0.2, 0.25) is 5.43 Å². The van der Waals surface area contributed by atoms with Gasteiger partial charge in [-0.3, -0.25) is 24.3 Å². The van der Waals surface area contributed by atoms with Crippen molar-refractivity contribution >= 4 is 5.91 Å².